The molecule has 110 valence electrons. The van der Waals surface area contributed by atoms with E-state index in [1.807, 2.05) is 26.8 Å². The SMILES string of the molecule is Cc1ccc(Cl)cc1NC(=O)c1cc(NC(C)C)ncn1. The van der Waals surface area contributed by atoms with Crippen LogP contribution in [0.5, 0.6) is 0 Å². The first-order valence-electron chi connectivity index (χ1n) is 6.62. The van der Waals surface area contributed by atoms with Crippen LogP contribution in [0.25, 0.3) is 0 Å². The third-order valence-corrected chi connectivity index (χ3v) is 3.02. The third kappa shape index (κ3) is 4.16. The number of carbonyl (C=O) groups excluding carboxylic acids is 1. The molecule has 0 unspecified atom stereocenters. The zero-order valence-corrected chi connectivity index (χ0v) is 12.9. The van der Waals surface area contributed by atoms with Gasteiger partial charge in [0.15, 0.2) is 0 Å². The summed E-state index contributed by atoms with van der Waals surface area (Å²) < 4.78 is 0. The molecule has 0 aliphatic rings. The molecule has 2 aromatic rings. The average molecular weight is 305 g/mol. The van der Waals surface area contributed by atoms with Gasteiger partial charge in [-0.05, 0) is 38.5 Å². The molecule has 21 heavy (non-hydrogen) atoms. The quantitative estimate of drug-likeness (QED) is 0.907. The van der Waals surface area contributed by atoms with Gasteiger partial charge in [-0.25, -0.2) is 9.97 Å². The molecule has 1 amide bonds. The van der Waals surface area contributed by atoms with Crippen LogP contribution in [-0.2, 0) is 0 Å². The molecule has 0 aliphatic carbocycles. The van der Waals surface area contributed by atoms with Crippen molar-refractivity contribution in [2.24, 2.45) is 0 Å². The van der Waals surface area contributed by atoms with E-state index in [1.165, 1.54) is 6.33 Å². The van der Waals surface area contributed by atoms with Gasteiger partial charge in [0.25, 0.3) is 5.91 Å². The van der Waals surface area contributed by atoms with Crippen molar-refractivity contribution in [3.05, 3.63) is 46.9 Å². The van der Waals surface area contributed by atoms with Gasteiger partial charge < -0.3 is 10.6 Å². The van der Waals surface area contributed by atoms with Gasteiger partial charge in [-0.15, -0.1) is 0 Å². The number of hydrogen-bond acceptors (Lipinski definition) is 4. The van der Waals surface area contributed by atoms with Crippen molar-refractivity contribution in [1.29, 1.82) is 0 Å². The molecule has 0 aliphatic heterocycles. The van der Waals surface area contributed by atoms with Crippen LogP contribution in [0.1, 0.15) is 29.9 Å². The van der Waals surface area contributed by atoms with Crippen LogP contribution in [0, 0.1) is 6.92 Å². The van der Waals surface area contributed by atoms with E-state index in [4.69, 9.17) is 11.6 Å². The molecular weight excluding hydrogens is 288 g/mol. The van der Waals surface area contributed by atoms with Gasteiger partial charge in [-0.1, -0.05) is 17.7 Å². The lowest BCUT2D eigenvalue weighted by molar-refractivity contribution is 0.102. The van der Waals surface area contributed by atoms with Crippen LogP contribution < -0.4 is 10.6 Å². The van der Waals surface area contributed by atoms with E-state index in [9.17, 15) is 4.79 Å². The molecule has 1 heterocycles. The van der Waals surface area contributed by atoms with Gasteiger partial charge in [0.1, 0.15) is 17.8 Å². The smallest absolute Gasteiger partial charge is 0.274 e. The minimum absolute atomic E-state index is 0.228. The minimum Gasteiger partial charge on any atom is -0.368 e. The zero-order valence-electron chi connectivity index (χ0n) is 12.1. The van der Waals surface area contributed by atoms with E-state index in [0.29, 0.717) is 22.2 Å². The number of amides is 1. The molecule has 0 atom stereocenters. The maximum absolute atomic E-state index is 12.2. The van der Waals surface area contributed by atoms with E-state index >= 15 is 0 Å². The highest BCUT2D eigenvalue weighted by Crippen LogP contribution is 2.20. The van der Waals surface area contributed by atoms with Crippen molar-refractivity contribution >= 4 is 29.0 Å². The van der Waals surface area contributed by atoms with Crippen LogP contribution in [0.15, 0.2) is 30.6 Å². The van der Waals surface area contributed by atoms with E-state index in [1.54, 1.807) is 18.2 Å². The Morgan fingerprint density at radius 1 is 1.24 bits per heavy atom. The van der Waals surface area contributed by atoms with Crippen LogP contribution >= 0.6 is 11.6 Å². The molecule has 0 saturated carbocycles. The number of hydrogen-bond donors (Lipinski definition) is 2. The standard InChI is InChI=1S/C15H17ClN4O/c1-9(2)19-14-7-13(17-8-18-14)15(21)20-12-6-11(16)5-4-10(12)3/h4-9H,1-3H3,(H,20,21)(H,17,18,19). The van der Waals surface area contributed by atoms with Crippen LogP contribution in [0.2, 0.25) is 5.02 Å². The van der Waals surface area contributed by atoms with E-state index in [-0.39, 0.29) is 11.9 Å². The largest absolute Gasteiger partial charge is 0.368 e. The maximum atomic E-state index is 12.2. The highest BCUT2D eigenvalue weighted by molar-refractivity contribution is 6.31. The minimum atomic E-state index is -0.297. The molecule has 2 rings (SSSR count). The highest BCUT2D eigenvalue weighted by atomic mass is 35.5. The first-order chi connectivity index (χ1) is 9.95. The second-order valence-electron chi connectivity index (χ2n) is 5.00. The molecule has 1 aromatic heterocycles. The number of carbonyl (C=O) groups is 1. The number of nitrogens with zero attached hydrogens (tertiary/aromatic N) is 2. The van der Waals surface area contributed by atoms with Crippen molar-refractivity contribution in [3.63, 3.8) is 0 Å². The van der Waals surface area contributed by atoms with Gasteiger partial charge >= 0.3 is 0 Å². The van der Waals surface area contributed by atoms with E-state index < -0.39 is 0 Å². The van der Waals surface area contributed by atoms with Gasteiger partial charge in [0, 0.05) is 22.8 Å². The van der Waals surface area contributed by atoms with Gasteiger partial charge in [-0.2, -0.15) is 0 Å². The molecule has 5 nitrogen and oxygen atoms in total. The summed E-state index contributed by atoms with van der Waals surface area (Å²) in [7, 11) is 0. The lowest BCUT2D eigenvalue weighted by Gasteiger charge is -2.11. The monoisotopic (exact) mass is 304 g/mol. The third-order valence-electron chi connectivity index (χ3n) is 2.78. The fourth-order valence-electron chi connectivity index (χ4n) is 1.77. The zero-order chi connectivity index (χ0) is 15.4. The molecule has 0 spiro atoms. The number of nitrogens with one attached hydrogen (secondary N) is 2. The molecule has 0 bridgehead atoms. The molecule has 6 heteroatoms. The topological polar surface area (TPSA) is 66.9 Å². The molecule has 0 fully saturated rings. The summed E-state index contributed by atoms with van der Waals surface area (Å²) in [6.07, 6.45) is 1.37. The maximum Gasteiger partial charge on any atom is 0.274 e. The molecule has 2 N–H and O–H groups in total. The fourth-order valence-corrected chi connectivity index (χ4v) is 1.94. The Morgan fingerprint density at radius 3 is 2.71 bits per heavy atom. The summed E-state index contributed by atoms with van der Waals surface area (Å²) in [4.78, 5) is 20.3. The second-order valence-corrected chi connectivity index (χ2v) is 5.44. The number of aromatic nitrogens is 2. The number of anilines is 2. The normalized spacial score (nSPS) is 10.5. The van der Waals surface area contributed by atoms with Crippen LogP contribution in [0.4, 0.5) is 11.5 Å². The average Bonchev–Trinajstić information content (AvgIpc) is 2.42. The lowest BCUT2D eigenvalue weighted by Crippen LogP contribution is -2.17. The van der Waals surface area contributed by atoms with Crippen LogP contribution in [-0.4, -0.2) is 21.9 Å². The predicted octanol–water partition coefficient (Wildman–Crippen LogP) is 3.51. The Morgan fingerprint density at radius 2 is 2.00 bits per heavy atom. The van der Waals surface area contributed by atoms with E-state index in [0.717, 1.165) is 5.56 Å². The molecule has 0 saturated heterocycles. The summed E-state index contributed by atoms with van der Waals surface area (Å²) in [5.41, 5.74) is 1.90. The number of rotatable bonds is 4. The first kappa shape index (κ1) is 15.3. The number of benzene rings is 1. The molecule has 0 radical (unpaired) electrons. The summed E-state index contributed by atoms with van der Waals surface area (Å²) in [5.74, 6) is 0.322. The molecule has 1 aromatic carbocycles. The second kappa shape index (κ2) is 6.54. The van der Waals surface area contributed by atoms with Gasteiger partial charge in [0.2, 0.25) is 0 Å². The van der Waals surface area contributed by atoms with Crippen molar-refractivity contribution in [2.75, 3.05) is 10.6 Å². The van der Waals surface area contributed by atoms with Gasteiger partial charge in [0.05, 0.1) is 0 Å². The summed E-state index contributed by atoms with van der Waals surface area (Å²) in [6, 6.07) is 7.19. The summed E-state index contributed by atoms with van der Waals surface area (Å²) in [6.45, 7) is 5.89. The lowest BCUT2D eigenvalue weighted by atomic mass is 10.2. The number of halogens is 1. The van der Waals surface area contributed by atoms with Gasteiger partial charge in [-0.3, -0.25) is 4.79 Å². The van der Waals surface area contributed by atoms with Crippen molar-refractivity contribution < 1.29 is 4.79 Å². The Bertz CT molecular complexity index is 658. The Kier molecular flexibility index (Phi) is 4.75. The summed E-state index contributed by atoms with van der Waals surface area (Å²) in [5, 5.41) is 6.51. The highest BCUT2D eigenvalue weighted by Gasteiger charge is 2.11. The Balaban J connectivity index is 2.18. The Hall–Kier alpha value is -2.14. The fraction of sp³-hybridized carbons (Fsp3) is 0.267. The number of aryl methyl sites for hydroxylation is 1. The van der Waals surface area contributed by atoms with Crippen molar-refractivity contribution in [2.45, 2.75) is 26.8 Å². The first-order valence-corrected chi connectivity index (χ1v) is 6.99. The van der Waals surface area contributed by atoms with Crippen LogP contribution in [0.3, 0.4) is 0 Å². The Labute approximate surface area is 128 Å². The van der Waals surface area contributed by atoms with E-state index in [2.05, 4.69) is 20.6 Å². The summed E-state index contributed by atoms with van der Waals surface area (Å²) >= 11 is 5.94. The molecular formula is C15H17ClN4O. The predicted molar refractivity (Wildman–Crippen MR) is 84.9 cm³/mol. The van der Waals surface area contributed by atoms with Crippen molar-refractivity contribution in [1.82, 2.24) is 9.97 Å². The van der Waals surface area contributed by atoms with Crippen molar-refractivity contribution in [3.8, 4) is 0 Å².